The van der Waals surface area contributed by atoms with Crippen LogP contribution in [0.1, 0.15) is 6.42 Å². The number of benzene rings is 1. The van der Waals surface area contributed by atoms with Gasteiger partial charge in [0.05, 0.1) is 6.33 Å². The first-order valence-electron chi connectivity index (χ1n) is 8.69. The van der Waals surface area contributed by atoms with E-state index in [1.807, 2.05) is 18.2 Å². The predicted octanol–water partition coefficient (Wildman–Crippen LogP) is 2.17. The van der Waals surface area contributed by atoms with Crippen molar-refractivity contribution in [1.29, 1.82) is 0 Å². The number of H-pyrrole nitrogens is 1. The molecular formula is C18H22ClN5O. The second-order valence-corrected chi connectivity index (χ2v) is 7.22. The molecule has 1 aliphatic rings. The normalized spacial score (nSPS) is 16.9. The summed E-state index contributed by atoms with van der Waals surface area (Å²) in [6.45, 7) is 6.14. The standard InChI is InChI=1S/C18H22ClN5O/c1-22-7-9-23(10-8-22)5-2-6-24-12-20-16-14-11-13(19)3-4-15(14)21-17(16)18(24)25/h3-4,11-12,21H,2,5-10H2,1H3. The van der Waals surface area contributed by atoms with Crippen LogP contribution in [0.2, 0.25) is 5.02 Å². The smallest absolute Gasteiger partial charge is 0.277 e. The summed E-state index contributed by atoms with van der Waals surface area (Å²) < 4.78 is 1.70. The summed E-state index contributed by atoms with van der Waals surface area (Å²) in [6.07, 6.45) is 2.60. The third-order valence-corrected chi connectivity index (χ3v) is 5.24. The van der Waals surface area contributed by atoms with Crippen LogP contribution < -0.4 is 5.56 Å². The molecule has 1 N–H and O–H groups in total. The summed E-state index contributed by atoms with van der Waals surface area (Å²) in [6, 6.07) is 5.55. The monoisotopic (exact) mass is 359 g/mol. The van der Waals surface area contributed by atoms with Crippen molar-refractivity contribution in [2.45, 2.75) is 13.0 Å². The van der Waals surface area contributed by atoms with E-state index in [4.69, 9.17) is 11.6 Å². The third-order valence-electron chi connectivity index (χ3n) is 5.00. The summed E-state index contributed by atoms with van der Waals surface area (Å²) in [7, 11) is 2.16. The number of hydrogen-bond acceptors (Lipinski definition) is 4. The number of halogens is 1. The molecule has 0 amide bonds. The molecular weight excluding hydrogens is 338 g/mol. The molecule has 3 heterocycles. The summed E-state index contributed by atoms with van der Waals surface area (Å²) in [4.78, 5) is 25.2. The van der Waals surface area contributed by atoms with E-state index in [-0.39, 0.29) is 5.56 Å². The average Bonchev–Trinajstić information content (AvgIpc) is 2.97. The molecule has 0 spiro atoms. The number of aryl methyl sites for hydroxylation is 1. The summed E-state index contributed by atoms with van der Waals surface area (Å²) >= 11 is 6.07. The highest BCUT2D eigenvalue weighted by Gasteiger charge is 2.14. The SMILES string of the molecule is CN1CCN(CCCn2cnc3c([nH]c4ccc(Cl)cc43)c2=O)CC1. The largest absolute Gasteiger partial charge is 0.349 e. The van der Waals surface area contributed by atoms with Gasteiger partial charge in [-0.15, -0.1) is 0 Å². The Kier molecular flexibility index (Phi) is 4.50. The van der Waals surface area contributed by atoms with Gasteiger partial charge in [0.25, 0.3) is 5.56 Å². The van der Waals surface area contributed by atoms with Crippen LogP contribution in [-0.4, -0.2) is 64.1 Å². The minimum absolute atomic E-state index is 0.0179. The van der Waals surface area contributed by atoms with Crippen molar-refractivity contribution >= 4 is 33.5 Å². The Balaban J connectivity index is 1.51. The molecule has 0 saturated carbocycles. The lowest BCUT2D eigenvalue weighted by atomic mass is 10.2. The van der Waals surface area contributed by atoms with Gasteiger partial charge in [-0.1, -0.05) is 11.6 Å². The number of aromatic amines is 1. The lowest BCUT2D eigenvalue weighted by Gasteiger charge is -2.32. The van der Waals surface area contributed by atoms with E-state index in [0.717, 1.165) is 50.0 Å². The first-order valence-corrected chi connectivity index (χ1v) is 9.07. The van der Waals surface area contributed by atoms with Gasteiger partial charge in [-0.25, -0.2) is 4.98 Å². The number of piperazine rings is 1. The number of nitrogens with zero attached hydrogens (tertiary/aromatic N) is 4. The fraction of sp³-hybridized carbons (Fsp3) is 0.444. The molecule has 1 saturated heterocycles. The molecule has 0 bridgehead atoms. The van der Waals surface area contributed by atoms with Crippen molar-refractivity contribution in [3.8, 4) is 0 Å². The molecule has 4 rings (SSSR count). The van der Waals surface area contributed by atoms with E-state index < -0.39 is 0 Å². The number of rotatable bonds is 4. The summed E-state index contributed by atoms with van der Waals surface area (Å²) in [5, 5.41) is 1.54. The van der Waals surface area contributed by atoms with Crippen molar-refractivity contribution in [3.63, 3.8) is 0 Å². The van der Waals surface area contributed by atoms with Crippen LogP contribution in [0, 0.1) is 0 Å². The van der Waals surface area contributed by atoms with Crippen molar-refractivity contribution in [3.05, 3.63) is 39.9 Å². The van der Waals surface area contributed by atoms with Crippen molar-refractivity contribution in [2.24, 2.45) is 0 Å². The first-order chi connectivity index (χ1) is 12.1. The molecule has 6 nitrogen and oxygen atoms in total. The Bertz CT molecular complexity index is 955. The van der Waals surface area contributed by atoms with Gasteiger partial charge in [-0.2, -0.15) is 0 Å². The van der Waals surface area contributed by atoms with Gasteiger partial charge >= 0.3 is 0 Å². The second kappa shape index (κ2) is 6.78. The van der Waals surface area contributed by atoms with Crippen molar-refractivity contribution in [2.75, 3.05) is 39.8 Å². The average molecular weight is 360 g/mol. The molecule has 0 aliphatic carbocycles. The van der Waals surface area contributed by atoms with Gasteiger partial charge in [0.2, 0.25) is 0 Å². The zero-order valence-electron chi connectivity index (χ0n) is 14.3. The van der Waals surface area contributed by atoms with E-state index in [9.17, 15) is 4.79 Å². The van der Waals surface area contributed by atoms with E-state index in [0.29, 0.717) is 22.6 Å². The Morgan fingerprint density at radius 1 is 1.20 bits per heavy atom. The molecule has 2 aromatic heterocycles. The summed E-state index contributed by atoms with van der Waals surface area (Å²) in [5.41, 5.74) is 2.12. The number of hydrogen-bond donors (Lipinski definition) is 1. The van der Waals surface area contributed by atoms with Gasteiger partial charge in [-0.3, -0.25) is 9.36 Å². The summed E-state index contributed by atoms with van der Waals surface area (Å²) in [5.74, 6) is 0. The van der Waals surface area contributed by atoms with Gasteiger partial charge in [0, 0.05) is 48.6 Å². The van der Waals surface area contributed by atoms with E-state index >= 15 is 0 Å². The minimum Gasteiger partial charge on any atom is -0.349 e. The highest BCUT2D eigenvalue weighted by molar-refractivity contribution is 6.31. The fourth-order valence-corrected chi connectivity index (χ4v) is 3.63. The van der Waals surface area contributed by atoms with Crippen molar-refractivity contribution in [1.82, 2.24) is 24.3 Å². The Hall–Kier alpha value is -1.89. The maximum atomic E-state index is 12.7. The van der Waals surface area contributed by atoms with Gasteiger partial charge in [0.1, 0.15) is 11.0 Å². The molecule has 25 heavy (non-hydrogen) atoms. The van der Waals surface area contributed by atoms with Crippen LogP contribution in [0.5, 0.6) is 0 Å². The Morgan fingerprint density at radius 2 is 2.00 bits per heavy atom. The molecule has 1 aliphatic heterocycles. The molecule has 132 valence electrons. The van der Waals surface area contributed by atoms with Crippen LogP contribution >= 0.6 is 11.6 Å². The molecule has 1 aromatic carbocycles. The Morgan fingerprint density at radius 3 is 2.80 bits per heavy atom. The molecule has 1 fully saturated rings. The van der Waals surface area contributed by atoms with Gasteiger partial charge < -0.3 is 14.8 Å². The van der Waals surface area contributed by atoms with Crippen LogP contribution in [0.3, 0.4) is 0 Å². The van der Waals surface area contributed by atoms with Gasteiger partial charge in [0.15, 0.2) is 0 Å². The first kappa shape index (κ1) is 16.6. The fourth-order valence-electron chi connectivity index (χ4n) is 3.46. The molecule has 0 radical (unpaired) electrons. The van der Waals surface area contributed by atoms with E-state index in [1.54, 1.807) is 10.9 Å². The number of nitrogens with one attached hydrogen (secondary N) is 1. The number of aromatic nitrogens is 3. The molecule has 7 heteroatoms. The van der Waals surface area contributed by atoms with Crippen molar-refractivity contribution < 1.29 is 0 Å². The maximum Gasteiger partial charge on any atom is 0.277 e. The van der Waals surface area contributed by atoms with Crippen LogP contribution in [0.15, 0.2) is 29.3 Å². The third kappa shape index (κ3) is 3.29. The molecule has 0 unspecified atom stereocenters. The van der Waals surface area contributed by atoms with Gasteiger partial charge in [-0.05, 0) is 38.2 Å². The van der Waals surface area contributed by atoms with Crippen LogP contribution in [-0.2, 0) is 6.54 Å². The maximum absolute atomic E-state index is 12.7. The predicted molar refractivity (Wildman–Crippen MR) is 101 cm³/mol. The number of likely N-dealkylation sites (N-methyl/N-ethyl adjacent to an activating group) is 1. The molecule has 0 atom stereocenters. The topological polar surface area (TPSA) is 57.2 Å². The second-order valence-electron chi connectivity index (χ2n) is 6.78. The van der Waals surface area contributed by atoms with E-state index in [1.165, 1.54) is 0 Å². The van der Waals surface area contributed by atoms with E-state index in [2.05, 4.69) is 26.8 Å². The van der Waals surface area contributed by atoms with Crippen LogP contribution in [0.4, 0.5) is 0 Å². The highest BCUT2D eigenvalue weighted by Crippen LogP contribution is 2.24. The van der Waals surface area contributed by atoms with Crippen LogP contribution in [0.25, 0.3) is 21.9 Å². The highest BCUT2D eigenvalue weighted by atomic mass is 35.5. The Labute approximate surface area is 151 Å². The minimum atomic E-state index is -0.0179. The lowest BCUT2D eigenvalue weighted by Crippen LogP contribution is -2.44. The number of fused-ring (bicyclic) bond motifs is 3. The zero-order chi connectivity index (χ0) is 17.4. The quantitative estimate of drug-likeness (QED) is 0.775. The molecule has 3 aromatic rings. The zero-order valence-corrected chi connectivity index (χ0v) is 15.1. The lowest BCUT2D eigenvalue weighted by molar-refractivity contribution is 0.151.